The standard InChI is InChI=1S/C14H27NO/c1-11(14-3-4-14)10-15-12(2)9-13-5-7-16-8-6-13/h11-15H,3-10H2,1-2H3. The summed E-state index contributed by atoms with van der Waals surface area (Å²) in [4.78, 5) is 0. The molecule has 1 heterocycles. The Hall–Kier alpha value is -0.0800. The van der Waals surface area contributed by atoms with E-state index in [0.717, 1.165) is 31.0 Å². The molecule has 1 N–H and O–H groups in total. The van der Waals surface area contributed by atoms with Crippen LogP contribution in [0.3, 0.4) is 0 Å². The molecule has 2 atom stereocenters. The van der Waals surface area contributed by atoms with Gasteiger partial charge in [0, 0.05) is 19.3 Å². The van der Waals surface area contributed by atoms with Crippen LogP contribution in [-0.4, -0.2) is 25.8 Å². The van der Waals surface area contributed by atoms with Crippen molar-refractivity contribution in [2.45, 2.75) is 52.0 Å². The van der Waals surface area contributed by atoms with Crippen molar-refractivity contribution in [1.29, 1.82) is 0 Å². The summed E-state index contributed by atoms with van der Waals surface area (Å²) >= 11 is 0. The first kappa shape index (κ1) is 12.4. The lowest BCUT2D eigenvalue weighted by Crippen LogP contribution is -2.33. The van der Waals surface area contributed by atoms with Crippen molar-refractivity contribution in [2.75, 3.05) is 19.8 Å². The van der Waals surface area contributed by atoms with Crippen LogP contribution in [0.15, 0.2) is 0 Å². The number of hydrogen-bond acceptors (Lipinski definition) is 2. The maximum atomic E-state index is 5.40. The van der Waals surface area contributed by atoms with E-state index in [-0.39, 0.29) is 0 Å². The molecule has 2 aliphatic rings. The zero-order valence-electron chi connectivity index (χ0n) is 10.9. The highest BCUT2D eigenvalue weighted by Crippen LogP contribution is 2.36. The van der Waals surface area contributed by atoms with Crippen LogP contribution in [0, 0.1) is 17.8 Å². The van der Waals surface area contributed by atoms with Crippen LogP contribution in [-0.2, 0) is 4.74 Å². The molecule has 0 aromatic heterocycles. The summed E-state index contributed by atoms with van der Waals surface area (Å²) < 4.78 is 5.40. The number of rotatable bonds is 6. The minimum atomic E-state index is 0.685. The molecule has 1 saturated carbocycles. The van der Waals surface area contributed by atoms with Crippen LogP contribution in [0.4, 0.5) is 0 Å². The summed E-state index contributed by atoms with van der Waals surface area (Å²) in [5.41, 5.74) is 0. The number of ether oxygens (including phenoxy) is 1. The van der Waals surface area contributed by atoms with Crippen molar-refractivity contribution in [1.82, 2.24) is 5.32 Å². The monoisotopic (exact) mass is 225 g/mol. The van der Waals surface area contributed by atoms with Crippen molar-refractivity contribution >= 4 is 0 Å². The second-order valence-corrected chi connectivity index (χ2v) is 5.92. The lowest BCUT2D eigenvalue weighted by molar-refractivity contribution is 0.0610. The summed E-state index contributed by atoms with van der Waals surface area (Å²) in [7, 11) is 0. The van der Waals surface area contributed by atoms with Crippen molar-refractivity contribution in [3.8, 4) is 0 Å². The smallest absolute Gasteiger partial charge is 0.0468 e. The molecule has 2 unspecified atom stereocenters. The molecule has 1 aliphatic carbocycles. The molecule has 0 aromatic rings. The summed E-state index contributed by atoms with van der Waals surface area (Å²) in [6.07, 6.45) is 6.81. The largest absolute Gasteiger partial charge is 0.381 e. The third kappa shape index (κ3) is 4.06. The van der Waals surface area contributed by atoms with Gasteiger partial charge in [-0.05, 0) is 63.3 Å². The lowest BCUT2D eigenvalue weighted by atomic mass is 9.93. The fourth-order valence-corrected chi connectivity index (χ4v) is 2.78. The van der Waals surface area contributed by atoms with Crippen LogP contribution in [0.5, 0.6) is 0 Å². The molecule has 94 valence electrons. The average Bonchev–Trinajstić information content (AvgIpc) is 3.11. The van der Waals surface area contributed by atoms with E-state index >= 15 is 0 Å². The van der Waals surface area contributed by atoms with Gasteiger partial charge in [0.15, 0.2) is 0 Å². The van der Waals surface area contributed by atoms with E-state index in [4.69, 9.17) is 4.74 Å². The SMILES string of the molecule is CC(CC1CCOCC1)NCC(C)C1CC1. The molecule has 2 nitrogen and oxygen atoms in total. The Bertz CT molecular complexity index is 197. The molecular formula is C14H27NO. The molecule has 2 fully saturated rings. The Labute approximate surface area is 100 Å². The molecule has 2 rings (SSSR count). The van der Waals surface area contributed by atoms with Gasteiger partial charge in [0.25, 0.3) is 0 Å². The molecule has 2 heteroatoms. The molecule has 16 heavy (non-hydrogen) atoms. The van der Waals surface area contributed by atoms with Gasteiger partial charge in [-0.2, -0.15) is 0 Å². The van der Waals surface area contributed by atoms with Gasteiger partial charge >= 0.3 is 0 Å². The maximum Gasteiger partial charge on any atom is 0.0468 e. The van der Waals surface area contributed by atoms with Gasteiger partial charge in [-0.1, -0.05) is 6.92 Å². The first-order valence-corrected chi connectivity index (χ1v) is 7.07. The summed E-state index contributed by atoms with van der Waals surface area (Å²) in [5.74, 6) is 2.81. The predicted molar refractivity (Wildman–Crippen MR) is 67.5 cm³/mol. The summed E-state index contributed by atoms with van der Waals surface area (Å²) in [6, 6.07) is 0.685. The van der Waals surface area contributed by atoms with Crippen LogP contribution >= 0.6 is 0 Å². The Morgan fingerprint density at radius 2 is 1.81 bits per heavy atom. The van der Waals surface area contributed by atoms with Crippen LogP contribution in [0.2, 0.25) is 0 Å². The molecule has 0 bridgehead atoms. The first-order chi connectivity index (χ1) is 7.75. The van der Waals surface area contributed by atoms with E-state index in [1.54, 1.807) is 0 Å². The Kier molecular flexibility index (Phi) is 4.66. The second-order valence-electron chi connectivity index (χ2n) is 5.92. The predicted octanol–water partition coefficient (Wildman–Crippen LogP) is 2.83. The molecule has 0 radical (unpaired) electrons. The average molecular weight is 225 g/mol. The topological polar surface area (TPSA) is 21.3 Å². The maximum absolute atomic E-state index is 5.40. The first-order valence-electron chi connectivity index (χ1n) is 7.07. The van der Waals surface area contributed by atoms with Gasteiger partial charge < -0.3 is 10.1 Å². The zero-order chi connectivity index (χ0) is 11.4. The van der Waals surface area contributed by atoms with Gasteiger partial charge in [-0.15, -0.1) is 0 Å². The van der Waals surface area contributed by atoms with Crippen molar-refractivity contribution in [3.05, 3.63) is 0 Å². The minimum Gasteiger partial charge on any atom is -0.381 e. The molecule has 1 aliphatic heterocycles. The quantitative estimate of drug-likeness (QED) is 0.750. The molecular weight excluding hydrogens is 198 g/mol. The van der Waals surface area contributed by atoms with E-state index in [2.05, 4.69) is 19.2 Å². The van der Waals surface area contributed by atoms with E-state index < -0.39 is 0 Å². The Morgan fingerprint density at radius 3 is 2.44 bits per heavy atom. The lowest BCUT2D eigenvalue weighted by Gasteiger charge is -2.26. The van der Waals surface area contributed by atoms with Gasteiger partial charge in [0.2, 0.25) is 0 Å². The fraction of sp³-hybridized carbons (Fsp3) is 1.00. The third-order valence-corrected chi connectivity index (χ3v) is 4.24. The highest BCUT2D eigenvalue weighted by Gasteiger charge is 2.27. The third-order valence-electron chi connectivity index (χ3n) is 4.24. The van der Waals surface area contributed by atoms with Crippen LogP contribution < -0.4 is 5.32 Å². The number of nitrogens with one attached hydrogen (secondary N) is 1. The van der Waals surface area contributed by atoms with Gasteiger partial charge in [-0.25, -0.2) is 0 Å². The fourth-order valence-electron chi connectivity index (χ4n) is 2.78. The highest BCUT2D eigenvalue weighted by molar-refractivity contribution is 4.81. The molecule has 0 spiro atoms. The second kappa shape index (κ2) is 6.02. The van der Waals surface area contributed by atoms with Gasteiger partial charge in [0.1, 0.15) is 0 Å². The van der Waals surface area contributed by atoms with Crippen molar-refractivity contribution < 1.29 is 4.74 Å². The molecule has 1 saturated heterocycles. The molecule has 0 aromatic carbocycles. The van der Waals surface area contributed by atoms with Crippen molar-refractivity contribution in [3.63, 3.8) is 0 Å². The number of hydrogen-bond donors (Lipinski definition) is 1. The van der Waals surface area contributed by atoms with Crippen molar-refractivity contribution in [2.24, 2.45) is 17.8 Å². The highest BCUT2D eigenvalue weighted by atomic mass is 16.5. The normalized spacial score (nSPS) is 26.6. The summed E-state index contributed by atoms with van der Waals surface area (Å²) in [5, 5.41) is 3.71. The Balaban J connectivity index is 1.57. The summed E-state index contributed by atoms with van der Waals surface area (Å²) in [6.45, 7) is 7.92. The van der Waals surface area contributed by atoms with E-state index in [9.17, 15) is 0 Å². The Morgan fingerprint density at radius 1 is 1.12 bits per heavy atom. The van der Waals surface area contributed by atoms with E-state index in [1.807, 2.05) is 0 Å². The van der Waals surface area contributed by atoms with Crippen LogP contribution in [0.25, 0.3) is 0 Å². The zero-order valence-corrected chi connectivity index (χ0v) is 10.9. The molecule has 0 amide bonds. The van der Waals surface area contributed by atoms with Gasteiger partial charge in [0.05, 0.1) is 0 Å². The van der Waals surface area contributed by atoms with E-state index in [1.165, 1.54) is 38.6 Å². The van der Waals surface area contributed by atoms with E-state index in [0.29, 0.717) is 6.04 Å². The van der Waals surface area contributed by atoms with Crippen LogP contribution in [0.1, 0.15) is 46.0 Å². The minimum absolute atomic E-state index is 0.685. The van der Waals surface area contributed by atoms with Gasteiger partial charge in [-0.3, -0.25) is 0 Å².